The Labute approximate surface area is 129 Å². The number of carbonyl (C=O) groups excluding carboxylic acids is 1. The normalized spacial score (nSPS) is 22.1. The van der Waals surface area contributed by atoms with E-state index in [2.05, 4.69) is 21.2 Å². The third-order valence-electron chi connectivity index (χ3n) is 3.13. The lowest BCUT2D eigenvalue weighted by Gasteiger charge is -2.31. The van der Waals surface area contributed by atoms with Gasteiger partial charge < -0.3 is 16.8 Å². The maximum absolute atomic E-state index is 11.7. The Morgan fingerprint density at radius 1 is 1.40 bits per heavy atom. The van der Waals surface area contributed by atoms with Crippen LogP contribution < -0.4 is 16.8 Å². The fraction of sp³-hybridized carbons (Fsp3) is 0.154. The Hall–Kier alpha value is -1.91. The summed E-state index contributed by atoms with van der Waals surface area (Å²) in [7, 11) is 0. The molecule has 0 aliphatic carbocycles. The van der Waals surface area contributed by atoms with Gasteiger partial charge in [0.05, 0.1) is 16.6 Å². The van der Waals surface area contributed by atoms with Crippen LogP contribution in [0.4, 0.5) is 0 Å². The van der Waals surface area contributed by atoms with Crippen LogP contribution in [0, 0.1) is 17.2 Å². The molecule has 0 saturated heterocycles. The van der Waals surface area contributed by atoms with E-state index >= 15 is 0 Å². The van der Waals surface area contributed by atoms with E-state index in [-0.39, 0.29) is 16.4 Å². The predicted octanol–water partition coefficient (Wildman–Crippen LogP) is 1.26. The van der Waals surface area contributed by atoms with Gasteiger partial charge in [-0.2, -0.15) is 5.26 Å². The minimum absolute atomic E-state index is 0.169. The van der Waals surface area contributed by atoms with Gasteiger partial charge in [0.1, 0.15) is 11.7 Å². The molecule has 102 valence electrons. The average molecular weight is 351 g/mol. The predicted molar refractivity (Wildman–Crippen MR) is 82.1 cm³/mol. The minimum atomic E-state index is -0.784. The number of hydrogen-bond acceptors (Lipinski definition) is 4. The molecular weight excluding hydrogens is 340 g/mol. The highest BCUT2D eigenvalue weighted by Crippen LogP contribution is 2.36. The van der Waals surface area contributed by atoms with Gasteiger partial charge >= 0.3 is 0 Å². The Balaban J connectivity index is 2.60. The zero-order valence-corrected chi connectivity index (χ0v) is 12.7. The van der Waals surface area contributed by atoms with Gasteiger partial charge in [-0.25, -0.2) is 0 Å². The van der Waals surface area contributed by atoms with Gasteiger partial charge in [-0.1, -0.05) is 40.3 Å². The molecule has 0 aromatic heterocycles. The van der Waals surface area contributed by atoms with Crippen LogP contribution in [0.25, 0.3) is 0 Å². The van der Waals surface area contributed by atoms with E-state index in [0.29, 0.717) is 0 Å². The van der Waals surface area contributed by atoms with Crippen molar-refractivity contribution in [3.63, 3.8) is 0 Å². The molecule has 5 N–H and O–H groups in total. The van der Waals surface area contributed by atoms with Crippen molar-refractivity contribution in [1.82, 2.24) is 5.32 Å². The highest BCUT2D eigenvalue weighted by molar-refractivity contribution is 9.10. The van der Waals surface area contributed by atoms with Gasteiger partial charge in [0.2, 0.25) is 5.91 Å². The highest BCUT2D eigenvalue weighted by atomic mass is 79.9. The topological polar surface area (TPSA) is 105 Å². The molecule has 2 atom stereocenters. The number of nitriles is 1. The van der Waals surface area contributed by atoms with E-state index in [1.165, 1.54) is 0 Å². The molecule has 1 amide bonds. The molecule has 1 aromatic carbocycles. The molecular formula is C13H11BrN4OS. The Morgan fingerprint density at radius 3 is 2.50 bits per heavy atom. The summed E-state index contributed by atoms with van der Waals surface area (Å²) in [5, 5.41) is 12.0. The molecule has 2 rings (SSSR count). The Kier molecular flexibility index (Phi) is 4.06. The third-order valence-corrected chi connectivity index (χ3v) is 4.02. The molecule has 0 fully saturated rings. The number of rotatable bonds is 2. The molecule has 20 heavy (non-hydrogen) atoms. The number of nitrogens with two attached hydrogens (primary N) is 2. The van der Waals surface area contributed by atoms with Crippen molar-refractivity contribution in [3.05, 3.63) is 45.7 Å². The van der Waals surface area contributed by atoms with Crippen molar-refractivity contribution in [2.24, 2.45) is 17.4 Å². The number of benzene rings is 1. The summed E-state index contributed by atoms with van der Waals surface area (Å²) in [6.07, 6.45) is 0. The van der Waals surface area contributed by atoms with E-state index in [1.807, 2.05) is 30.3 Å². The number of nitrogens with one attached hydrogen (secondary N) is 1. The Bertz CT molecular complexity index is 647. The number of carbonyl (C=O) groups is 1. The maximum atomic E-state index is 11.7. The SMILES string of the molecule is N#CC1=C(N)NC(=S)[C@H](C(N)=O)[C@@H]1c1ccc(Br)cc1. The van der Waals surface area contributed by atoms with Crippen LogP contribution in [0.3, 0.4) is 0 Å². The molecule has 7 heteroatoms. The van der Waals surface area contributed by atoms with E-state index in [9.17, 15) is 10.1 Å². The first kappa shape index (κ1) is 14.5. The van der Waals surface area contributed by atoms with Gasteiger partial charge in [0.15, 0.2) is 0 Å². The van der Waals surface area contributed by atoms with Gasteiger partial charge in [-0.3, -0.25) is 4.79 Å². The number of allylic oxidation sites excluding steroid dienone is 1. The maximum Gasteiger partial charge on any atom is 0.228 e. The van der Waals surface area contributed by atoms with Crippen molar-refractivity contribution in [3.8, 4) is 6.07 Å². The minimum Gasteiger partial charge on any atom is -0.384 e. The Morgan fingerprint density at radius 2 is 2.00 bits per heavy atom. The van der Waals surface area contributed by atoms with Crippen molar-refractivity contribution in [2.45, 2.75) is 5.92 Å². The molecule has 0 radical (unpaired) electrons. The summed E-state index contributed by atoms with van der Waals surface area (Å²) < 4.78 is 0.892. The zero-order valence-electron chi connectivity index (χ0n) is 10.3. The second-order valence-electron chi connectivity index (χ2n) is 4.34. The van der Waals surface area contributed by atoms with Crippen LogP contribution in [0.2, 0.25) is 0 Å². The number of nitrogens with zero attached hydrogens (tertiary/aromatic N) is 1. The van der Waals surface area contributed by atoms with Gasteiger partial charge in [-0.05, 0) is 17.7 Å². The van der Waals surface area contributed by atoms with Crippen LogP contribution >= 0.6 is 28.1 Å². The number of amides is 1. The fourth-order valence-electron chi connectivity index (χ4n) is 2.22. The van der Waals surface area contributed by atoms with E-state index in [0.717, 1.165) is 10.0 Å². The fourth-order valence-corrected chi connectivity index (χ4v) is 2.84. The van der Waals surface area contributed by atoms with Crippen molar-refractivity contribution >= 4 is 39.0 Å². The second kappa shape index (κ2) is 5.61. The van der Waals surface area contributed by atoms with Crippen molar-refractivity contribution in [2.75, 3.05) is 0 Å². The number of halogens is 1. The molecule has 0 unspecified atom stereocenters. The van der Waals surface area contributed by atoms with Crippen LogP contribution in [0.15, 0.2) is 40.1 Å². The molecule has 1 aliphatic heterocycles. The smallest absolute Gasteiger partial charge is 0.228 e. The van der Waals surface area contributed by atoms with Crippen LogP contribution in [-0.2, 0) is 4.79 Å². The molecule has 0 saturated carbocycles. The summed E-state index contributed by atoms with van der Waals surface area (Å²) in [6, 6.07) is 9.30. The number of primary amides is 1. The first-order valence-corrected chi connectivity index (χ1v) is 6.91. The third kappa shape index (κ3) is 2.53. The first-order chi connectivity index (χ1) is 9.45. The van der Waals surface area contributed by atoms with Crippen molar-refractivity contribution in [1.29, 1.82) is 5.26 Å². The zero-order chi connectivity index (χ0) is 14.9. The second-order valence-corrected chi connectivity index (χ2v) is 5.69. The molecule has 1 aliphatic rings. The first-order valence-electron chi connectivity index (χ1n) is 5.71. The van der Waals surface area contributed by atoms with Crippen LogP contribution in [0.5, 0.6) is 0 Å². The lowest BCUT2D eigenvalue weighted by Crippen LogP contribution is -2.47. The molecule has 0 spiro atoms. The molecule has 5 nitrogen and oxygen atoms in total. The summed E-state index contributed by atoms with van der Waals surface area (Å²) in [4.78, 5) is 11.9. The number of thiocarbonyl (C=S) groups is 1. The van der Waals surface area contributed by atoms with Gasteiger partial charge in [0.25, 0.3) is 0 Å². The molecule has 1 heterocycles. The number of hydrogen-bond donors (Lipinski definition) is 3. The van der Waals surface area contributed by atoms with E-state index < -0.39 is 17.7 Å². The van der Waals surface area contributed by atoms with Crippen LogP contribution in [0.1, 0.15) is 11.5 Å². The van der Waals surface area contributed by atoms with Gasteiger partial charge in [-0.15, -0.1) is 0 Å². The van der Waals surface area contributed by atoms with Crippen molar-refractivity contribution < 1.29 is 4.79 Å². The summed E-state index contributed by atoms with van der Waals surface area (Å²) in [6.45, 7) is 0. The van der Waals surface area contributed by atoms with E-state index in [4.69, 9.17) is 23.7 Å². The lowest BCUT2D eigenvalue weighted by molar-refractivity contribution is -0.120. The summed E-state index contributed by atoms with van der Waals surface area (Å²) in [5.74, 6) is -1.76. The quantitative estimate of drug-likeness (QED) is 0.696. The summed E-state index contributed by atoms with van der Waals surface area (Å²) >= 11 is 8.48. The molecule has 1 aromatic rings. The highest BCUT2D eigenvalue weighted by Gasteiger charge is 2.39. The monoisotopic (exact) mass is 350 g/mol. The average Bonchev–Trinajstić information content (AvgIpc) is 2.38. The lowest BCUT2D eigenvalue weighted by atomic mass is 9.78. The van der Waals surface area contributed by atoms with Gasteiger partial charge in [0, 0.05) is 10.4 Å². The van der Waals surface area contributed by atoms with E-state index in [1.54, 1.807) is 0 Å². The van der Waals surface area contributed by atoms with Crippen LogP contribution in [-0.4, -0.2) is 10.9 Å². The summed E-state index contributed by atoms with van der Waals surface area (Å²) in [5.41, 5.74) is 12.3. The standard InChI is InChI=1S/C13H11BrN4OS/c14-7-3-1-6(2-4-7)9-8(5-15)11(16)18-13(20)10(9)12(17)19/h1-4,9-10H,16H2,(H2,17,19)(H,18,20)/t9-,10+/m1/s1. The largest absolute Gasteiger partial charge is 0.384 e. The molecule has 0 bridgehead atoms.